The van der Waals surface area contributed by atoms with Gasteiger partial charge in [-0.15, -0.1) is 11.3 Å². The molecule has 0 bridgehead atoms. The molecule has 0 radical (unpaired) electrons. The topological polar surface area (TPSA) is 69.8 Å². The molecule has 1 aliphatic heterocycles. The van der Waals surface area contributed by atoms with Crippen molar-refractivity contribution in [3.63, 3.8) is 0 Å². The number of hydrogen-bond acceptors (Lipinski definition) is 6. The molecule has 1 saturated heterocycles. The number of thiazole rings is 1. The molecule has 2 aromatic rings. The summed E-state index contributed by atoms with van der Waals surface area (Å²) in [5, 5.41) is 10.1. The van der Waals surface area contributed by atoms with Crippen LogP contribution in [0.4, 0.5) is 0 Å². The van der Waals surface area contributed by atoms with Gasteiger partial charge in [0.1, 0.15) is 4.88 Å². The van der Waals surface area contributed by atoms with Crippen molar-refractivity contribution < 1.29 is 14.3 Å². The lowest BCUT2D eigenvalue weighted by Crippen LogP contribution is -2.50. The Morgan fingerprint density at radius 2 is 2.23 bits per heavy atom. The predicted molar refractivity (Wildman–Crippen MR) is 83.8 cm³/mol. The van der Waals surface area contributed by atoms with E-state index in [1.807, 2.05) is 11.0 Å². The molecule has 0 unspecified atom stereocenters. The van der Waals surface area contributed by atoms with E-state index in [0.717, 1.165) is 18.1 Å². The molecule has 3 heterocycles. The fourth-order valence-electron chi connectivity index (χ4n) is 2.55. The molecule has 0 aromatic carbocycles. The monoisotopic (exact) mass is 321 g/mol. The van der Waals surface area contributed by atoms with Gasteiger partial charge in [-0.25, -0.2) is 4.98 Å². The van der Waals surface area contributed by atoms with Crippen molar-refractivity contribution >= 4 is 17.2 Å². The SMILES string of the molecule is C[C@@H](O)CN1CCN(C(=O)c2cnc(-c3ccco3)s2)CC1. The summed E-state index contributed by atoms with van der Waals surface area (Å²) in [4.78, 5) is 21.4. The molecular formula is C15H19N3O3S. The van der Waals surface area contributed by atoms with E-state index in [-0.39, 0.29) is 12.0 Å². The number of aliphatic hydroxyl groups is 1. The van der Waals surface area contributed by atoms with Gasteiger partial charge in [0, 0.05) is 32.7 Å². The Balaban J connectivity index is 1.61. The zero-order chi connectivity index (χ0) is 15.5. The minimum absolute atomic E-state index is 0.0204. The number of furan rings is 1. The lowest BCUT2D eigenvalue weighted by Gasteiger charge is -2.34. The second-order valence-electron chi connectivity index (χ2n) is 5.45. The van der Waals surface area contributed by atoms with Crippen LogP contribution in [0.2, 0.25) is 0 Å². The van der Waals surface area contributed by atoms with Gasteiger partial charge in [-0.3, -0.25) is 9.69 Å². The summed E-state index contributed by atoms with van der Waals surface area (Å²) in [6.07, 6.45) is 2.88. The number of β-amino-alcohol motifs (C(OH)–C–C–N with tert-alkyl or cyclic N) is 1. The molecule has 1 atom stereocenters. The van der Waals surface area contributed by atoms with Crippen LogP contribution in [-0.4, -0.2) is 64.6 Å². The zero-order valence-corrected chi connectivity index (χ0v) is 13.3. The number of aromatic nitrogens is 1. The van der Waals surface area contributed by atoms with Gasteiger partial charge in [0.2, 0.25) is 0 Å². The van der Waals surface area contributed by atoms with Crippen LogP contribution in [0, 0.1) is 0 Å². The molecular weight excluding hydrogens is 302 g/mol. The van der Waals surface area contributed by atoms with Gasteiger partial charge < -0.3 is 14.4 Å². The molecule has 0 saturated carbocycles. The van der Waals surface area contributed by atoms with E-state index in [1.165, 1.54) is 11.3 Å². The molecule has 7 heteroatoms. The second-order valence-corrected chi connectivity index (χ2v) is 6.48. The van der Waals surface area contributed by atoms with E-state index in [9.17, 15) is 9.90 Å². The van der Waals surface area contributed by atoms with Gasteiger partial charge in [-0.2, -0.15) is 0 Å². The molecule has 1 aliphatic rings. The first-order chi connectivity index (χ1) is 10.6. The summed E-state index contributed by atoms with van der Waals surface area (Å²) < 4.78 is 5.30. The number of nitrogens with zero attached hydrogens (tertiary/aromatic N) is 3. The third-order valence-electron chi connectivity index (χ3n) is 3.63. The molecule has 1 fully saturated rings. The van der Waals surface area contributed by atoms with Crippen molar-refractivity contribution in [1.29, 1.82) is 0 Å². The standard InChI is InChI=1S/C15H19N3O3S/c1-11(19)10-17-4-6-18(7-5-17)15(20)13-9-16-14(22-13)12-3-2-8-21-12/h2-3,8-9,11,19H,4-7,10H2,1H3/t11-/m1/s1. The molecule has 1 N–H and O–H groups in total. The summed E-state index contributed by atoms with van der Waals surface area (Å²) in [5.41, 5.74) is 0. The van der Waals surface area contributed by atoms with E-state index in [2.05, 4.69) is 9.88 Å². The minimum atomic E-state index is -0.334. The average molecular weight is 321 g/mol. The molecule has 0 aliphatic carbocycles. The Hall–Kier alpha value is -1.70. The van der Waals surface area contributed by atoms with Crippen molar-refractivity contribution in [2.45, 2.75) is 13.0 Å². The summed E-state index contributed by atoms with van der Waals surface area (Å²) in [6, 6.07) is 3.64. The molecule has 0 spiro atoms. The van der Waals surface area contributed by atoms with Gasteiger partial charge in [0.15, 0.2) is 10.8 Å². The van der Waals surface area contributed by atoms with Gasteiger partial charge in [0.25, 0.3) is 5.91 Å². The second kappa shape index (κ2) is 6.60. The van der Waals surface area contributed by atoms with Gasteiger partial charge >= 0.3 is 0 Å². The van der Waals surface area contributed by atoms with Crippen LogP contribution in [0.5, 0.6) is 0 Å². The lowest BCUT2D eigenvalue weighted by molar-refractivity contribution is 0.0558. The third kappa shape index (κ3) is 3.37. The highest BCUT2D eigenvalue weighted by atomic mass is 32.1. The van der Waals surface area contributed by atoms with Crippen LogP contribution in [-0.2, 0) is 0 Å². The summed E-state index contributed by atoms with van der Waals surface area (Å²) in [5.74, 6) is 0.706. The number of amides is 1. The highest BCUT2D eigenvalue weighted by molar-refractivity contribution is 7.16. The van der Waals surface area contributed by atoms with E-state index in [1.54, 1.807) is 25.5 Å². The Kier molecular flexibility index (Phi) is 4.56. The van der Waals surface area contributed by atoms with Crippen molar-refractivity contribution in [3.8, 4) is 10.8 Å². The maximum absolute atomic E-state index is 12.5. The van der Waals surface area contributed by atoms with E-state index >= 15 is 0 Å². The zero-order valence-electron chi connectivity index (χ0n) is 12.4. The first kappa shape index (κ1) is 15.2. The molecule has 3 rings (SSSR count). The highest BCUT2D eigenvalue weighted by Crippen LogP contribution is 2.26. The first-order valence-electron chi connectivity index (χ1n) is 7.33. The molecule has 2 aromatic heterocycles. The van der Waals surface area contributed by atoms with Gasteiger partial charge in [-0.1, -0.05) is 0 Å². The van der Waals surface area contributed by atoms with Gasteiger partial charge in [0.05, 0.1) is 18.6 Å². The average Bonchev–Trinajstić information content (AvgIpc) is 3.18. The minimum Gasteiger partial charge on any atom is -0.462 e. The lowest BCUT2D eigenvalue weighted by atomic mass is 10.2. The first-order valence-corrected chi connectivity index (χ1v) is 8.14. The Morgan fingerprint density at radius 1 is 1.45 bits per heavy atom. The number of aliphatic hydroxyl groups excluding tert-OH is 1. The summed E-state index contributed by atoms with van der Waals surface area (Å²) in [7, 11) is 0. The maximum atomic E-state index is 12.5. The van der Waals surface area contributed by atoms with Crippen LogP contribution in [0.15, 0.2) is 29.0 Å². The molecule has 6 nitrogen and oxygen atoms in total. The van der Waals surface area contributed by atoms with E-state index in [4.69, 9.17) is 4.42 Å². The van der Waals surface area contributed by atoms with Gasteiger partial charge in [-0.05, 0) is 19.1 Å². The van der Waals surface area contributed by atoms with E-state index < -0.39 is 0 Å². The molecule has 1 amide bonds. The number of hydrogen-bond donors (Lipinski definition) is 1. The number of piperazine rings is 1. The largest absolute Gasteiger partial charge is 0.462 e. The third-order valence-corrected chi connectivity index (χ3v) is 4.63. The fourth-order valence-corrected chi connectivity index (χ4v) is 3.40. The number of rotatable bonds is 4. The van der Waals surface area contributed by atoms with Crippen LogP contribution in [0.1, 0.15) is 16.6 Å². The smallest absolute Gasteiger partial charge is 0.265 e. The van der Waals surface area contributed by atoms with Crippen molar-refractivity contribution in [3.05, 3.63) is 29.5 Å². The van der Waals surface area contributed by atoms with Crippen molar-refractivity contribution in [2.75, 3.05) is 32.7 Å². The molecule has 22 heavy (non-hydrogen) atoms. The maximum Gasteiger partial charge on any atom is 0.265 e. The summed E-state index contributed by atoms with van der Waals surface area (Å²) >= 11 is 1.35. The van der Waals surface area contributed by atoms with Crippen LogP contribution < -0.4 is 0 Å². The Bertz CT molecular complexity index is 616. The Labute approximate surface area is 133 Å². The molecule has 118 valence electrons. The van der Waals surface area contributed by atoms with E-state index in [0.29, 0.717) is 30.3 Å². The number of carbonyl (C=O) groups is 1. The van der Waals surface area contributed by atoms with Crippen LogP contribution in [0.25, 0.3) is 10.8 Å². The number of carbonyl (C=O) groups excluding carboxylic acids is 1. The summed E-state index contributed by atoms with van der Waals surface area (Å²) in [6.45, 7) is 5.39. The Morgan fingerprint density at radius 3 is 2.86 bits per heavy atom. The fraction of sp³-hybridized carbons (Fsp3) is 0.467. The van der Waals surface area contributed by atoms with Crippen LogP contribution in [0.3, 0.4) is 0 Å². The normalized spacial score (nSPS) is 17.6. The van der Waals surface area contributed by atoms with Crippen molar-refractivity contribution in [2.24, 2.45) is 0 Å². The predicted octanol–water partition coefficient (Wildman–Crippen LogP) is 1.54. The van der Waals surface area contributed by atoms with Crippen molar-refractivity contribution in [1.82, 2.24) is 14.8 Å². The quantitative estimate of drug-likeness (QED) is 0.925. The highest BCUT2D eigenvalue weighted by Gasteiger charge is 2.24. The van der Waals surface area contributed by atoms with Crippen LogP contribution >= 0.6 is 11.3 Å².